The Morgan fingerprint density at radius 3 is 2.22 bits per heavy atom. The number of amides is 3. The topological polar surface area (TPSA) is 163 Å². The Kier molecular flexibility index (Phi) is 19.6. The van der Waals surface area contributed by atoms with Crippen LogP contribution in [0.25, 0.3) is 0 Å². The molecule has 37 heavy (non-hydrogen) atoms. The molecule has 0 radical (unpaired) electrons. The number of hydrogen-bond acceptors (Lipinski definition) is 9. The van der Waals surface area contributed by atoms with Crippen molar-refractivity contribution >= 4 is 29.9 Å². The minimum Gasteiger partial charge on any atom is -0.506 e. The van der Waals surface area contributed by atoms with Gasteiger partial charge >= 0.3 is 5.97 Å². The normalized spacial score (nSPS) is 20.0. The lowest BCUT2D eigenvalue weighted by molar-refractivity contribution is -0.142. The van der Waals surface area contributed by atoms with Gasteiger partial charge in [0, 0.05) is 32.2 Å². The van der Waals surface area contributed by atoms with Crippen molar-refractivity contribution in [2.75, 3.05) is 25.1 Å². The van der Waals surface area contributed by atoms with Gasteiger partial charge < -0.3 is 30.1 Å². The van der Waals surface area contributed by atoms with Gasteiger partial charge in [0.05, 0.1) is 31.1 Å². The van der Waals surface area contributed by atoms with E-state index in [0.29, 0.717) is 44.6 Å². The molecule has 3 amide bonds. The molecule has 2 aliphatic heterocycles. The molecule has 0 aliphatic carbocycles. The first-order valence-electron chi connectivity index (χ1n) is 12.0. The molecule has 2 saturated heterocycles. The van der Waals surface area contributed by atoms with E-state index in [2.05, 4.69) is 5.32 Å². The molecule has 2 fully saturated rings. The van der Waals surface area contributed by atoms with Crippen molar-refractivity contribution < 1.29 is 44.0 Å². The molecular weight excluding hydrogens is 484 g/mol. The van der Waals surface area contributed by atoms with Gasteiger partial charge in [-0.05, 0) is 24.1 Å². The van der Waals surface area contributed by atoms with Crippen molar-refractivity contribution in [3.8, 4) is 5.75 Å². The summed E-state index contributed by atoms with van der Waals surface area (Å²) in [6.07, 6.45) is 1.26. The van der Waals surface area contributed by atoms with Gasteiger partial charge in [-0.1, -0.05) is 41.2 Å². The summed E-state index contributed by atoms with van der Waals surface area (Å²) in [4.78, 5) is 44.4. The Hall–Kier alpha value is -3.02. The summed E-state index contributed by atoms with van der Waals surface area (Å²) in [7, 11) is 0. The highest BCUT2D eigenvalue weighted by atomic mass is 16.5. The highest BCUT2D eigenvalue weighted by molar-refractivity contribution is 6.03. The number of phenolic OH excluding ortho intramolecular Hbond substituents is 1. The number of phenols is 1. The number of nitrogens with zero attached hydrogens (tertiary/aromatic N) is 1. The minimum atomic E-state index is -0.459. The zero-order chi connectivity index (χ0) is 27.7. The highest BCUT2D eigenvalue weighted by Gasteiger charge is 2.34. The molecule has 0 aromatic heterocycles. The molecule has 2 heterocycles. The van der Waals surface area contributed by atoms with Crippen LogP contribution in [0.4, 0.5) is 5.69 Å². The smallest absolute Gasteiger partial charge is 0.302 e. The summed E-state index contributed by atoms with van der Waals surface area (Å²) in [5.41, 5.74) is 0.974. The number of esters is 1. The van der Waals surface area contributed by atoms with Crippen LogP contribution in [0, 0.1) is 5.92 Å². The fraction of sp³-hybridized carbons (Fsp3) is 0.615. The summed E-state index contributed by atoms with van der Waals surface area (Å²) in [5.74, 6) is -0.517. The molecule has 3 rings (SSSR count). The van der Waals surface area contributed by atoms with Crippen LogP contribution >= 0.6 is 0 Å². The van der Waals surface area contributed by atoms with Crippen LogP contribution in [0.5, 0.6) is 5.75 Å². The molecule has 3 unspecified atom stereocenters. The third kappa shape index (κ3) is 14.3. The van der Waals surface area contributed by atoms with Crippen molar-refractivity contribution in [2.45, 2.75) is 80.1 Å². The number of likely N-dealkylation sites (tertiary alicyclic amines) is 1. The fourth-order valence-electron chi connectivity index (χ4n) is 3.13. The zero-order valence-corrected chi connectivity index (χ0v) is 21.7. The van der Waals surface area contributed by atoms with E-state index in [1.807, 2.05) is 20.8 Å². The molecule has 1 aromatic rings. The van der Waals surface area contributed by atoms with Gasteiger partial charge in [-0.2, -0.15) is 0 Å². The fourth-order valence-corrected chi connectivity index (χ4v) is 3.13. The third-order valence-corrected chi connectivity index (χ3v) is 4.80. The van der Waals surface area contributed by atoms with E-state index in [1.165, 1.54) is 24.0 Å². The average Bonchev–Trinajstić information content (AvgIpc) is 3.08. The van der Waals surface area contributed by atoms with Crippen LogP contribution < -0.4 is 5.32 Å². The van der Waals surface area contributed by atoms with E-state index in [9.17, 15) is 24.3 Å². The number of aromatic hydroxyl groups is 1. The molecule has 11 nitrogen and oxygen atoms in total. The predicted octanol–water partition coefficient (Wildman–Crippen LogP) is 2.61. The second-order valence-electron chi connectivity index (χ2n) is 7.96. The summed E-state index contributed by atoms with van der Waals surface area (Å²) in [6, 6.07) is 4.56. The number of aliphatic hydroxyl groups excluding tert-OH is 2. The lowest BCUT2D eigenvalue weighted by atomic mass is 10.1. The van der Waals surface area contributed by atoms with Crippen molar-refractivity contribution in [1.29, 1.82) is 0 Å². The number of aliphatic hydroxyl groups is 2. The molecule has 11 heteroatoms. The average molecular weight is 529 g/mol. The molecule has 0 bridgehead atoms. The standard InChI is InChI=1S/C10H11NO4.C8H13NO2.C5H10O3.C2H6.CH4/c1-7(13)15-5-8-2-3-10(14)9(4-8)11-6-12;1-3-4-9-7(10)5-6(2)8(9)11;6-4-1-5(7)3-8-2-4;1-2;/h2-4,6,14H,5H2,1H3,(H,11,12);6H,3-5H2,1-2H3;4-7H,1-3H2;1-2H3;1H4. The van der Waals surface area contributed by atoms with Gasteiger partial charge in [-0.15, -0.1) is 0 Å². The van der Waals surface area contributed by atoms with Crippen LogP contribution in [-0.4, -0.2) is 76.4 Å². The van der Waals surface area contributed by atoms with Gasteiger partial charge in [0.2, 0.25) is 18.2 Å². The maximum absolute atomic E-state index is 11.2. The first-order chi connectivity index (χ1) is 17.1. The van der Waals surface area contributed by atoms with E-state index in [4.69, 9.17) is 19.7 Å². The molecule has 4 N–H and O–H groups in total. The highest BCUT2D eigenvalue weighted by Crippen LogP contribution is 2.23. The van der Waals surface area contributed by atoms with Crippen LogP contribution in [0.1, 0.15) is 66.9 Å². The van der Waals surface area contributed by atoms with Gasteiger partial charge in [0.1, 0.15) is 12.4 Å². The molecule has 0 saturated carbocycles. The van der Waals surface area contributed by atoms with Crippen LogP contribution in [0.2, 0.25) is 0 Å². The number of hydrogen-bond donors (Lipinski definition) is 4. The van der Waals surface area contributed by atoms with E-state index in [1.54, 1.807) is 13.0 Å². The third-order valence-electron chi connectivity index (χ3n) is 4.80. The summed E-state index contributed by atoms with van der Waals surface area (Å²) >= 11 is 0. The number of ether oxygens (including phenoxy) is 2. The first kappa shape index (κ1) is 36.1. The predicted molar refractivity (Wildman–Crippen MR) is 140 cm³/mol. The Morgan fingerprint density at radius 2 is 1.81 bits per heavy atom. The lowest BCUT2D eigenvalue weighted by Crippen LogP contribution is -2.32. The van der Waals surface area contributed by atoms with Crippen molar-refractivity contribution in [2.24, 2.45) is 5.92 Å². The number of carbonyl (C=O) groups is 4. The summed E-state index contributed by atoms with van der Waals surface area (Å²) in [6.45, 7) is 10.5. The van der Waals surface area contributed by atoms with Gasteiger partial charge in [0.15, 0.2) is 0 Å². The van der Waals surface area contributed by atoms with E-state index in [-0.39, 0.29) is 49.2 Å². The van der Waals surface area contributed by atoms with E-state index >= 15 is 0 Å². The Bertz CT molecular complexity index is 824. The zero-order valence-electron chi connectivity index (χ0n) is 21.7. The van der Waals surface area contributed by atoms with Crippen LogP contribution in [0.3, 0.4) is 0 Å². The number of nitrogens with one attached hydrogen (secondary N) is 1. The molecular formula is C26H44N2O9. The number of carbonyl (C=O) groups excluding carboxylic acids is 4. The largest absolute Gasteiger partial charge is 0.506 e. The van der Waals surface area contributed by atoms with E-state index < -0.39 is 12.2 Å². The number of imide groups is 1. The van der Waals surface area contributed by atoms with Crippen LogP contribution in [0.15, 0.2) is 18.2 Å². The Morgan fingerprint density at radius 1 is 1.22 bits per heavy atom. The maximum atomic E-state index is 11.2. The molecule has 1 aromatic carbocycles. The van der Waals surface area contributed by atoms with Gasteiger partial charge in [0.25, 0.3) is 0 Å². The quantitative estimate of drug-likeness (QED) is 0.188. The Labute approximate surface area is 219 Å². The maximum Gasteiger partial charge on any atom is 0.302 e. The van der Waals surface area contributed by atoms with E-state index in [0.717, 1.165) is 6.42 Å². The second-order valence-corrected chi connectivity index (χ2v) is 7.96. The summed E-state index contributed by atoms with van der Waals surface area (Å²) < 4.78 is 9.56. The van der Waals surface area contributed by atoms with Crippen LogP contribution in [-0.2, 0) is 35.3 Å². The first-order valence-corrected chi connectivity index (χ1v) is 12.0. The molecule has 212 valence electrons. The van der Waals surface area contributed by atoms with Crippen molar-refractivity contribution in [3.63, 3.8) is 0 Å². The molecule has 0 spiro atoms. The number of benzene rings is 1. The van der Waals surface area contributed by atoms with Crippen molar-refractivity contribution in [1.82, 2.24) is 4.90 Å². The number of rotatable bonds is 6. The second kappa shape index (κ2) is 20.1. The van der Waals surface area contributed by atoms with Crippen molar-refractivity contribution in [3.05, 3.63) is 23.8 Å². The number of anilines is 1. The summed E-state index contributed by atoms with van der Waals surface area (Å²) in [5, 5.41) is 29.2. The molecule has 3 atom stereocenters. The lowest BCUT2D eigenvalue weighted by Gasteiger charge is -2.21. The Balaban J connectivity index is 0. The van der Waals surface area contributed by atoms with Gasteiger partial charge in [-0.25, -0.2) is 0 Å². The monoisotopic (exact) mass is 528 g/mol. The SMILES string of the molecule is C.CC.CC(=O)OCc1ccc(O)c(NC=O)c1.CCCN1C(=O)CC(C)C1=O.OC1COCC(O)C1. The minimum absolute atomic E-state index is 0. The van der Waals surface area contributed by atoms with Gasteiger partial charge in [-0.3, -0.25) is 24.1 Å². The molecule has 2 aliphatic rings.